The lowest BCUT2D eigenvalue weighted by atomic mass is 9.84. The van der Waals surface area contributed by atoms with Crippen LogP contribution < -0.4 is 14.4 Å². The third kappa shape index (κ3) is 10.8. The average molecular weight is 869 g/mol. The number of carbonyl (C=O) groups is 4. The van der Waals surface area contributed by atoms with E-state index in [1.54, 1.807) is 91.8 Å². The Balaban J connectivity index is 1.20. The summed E-state index contributed by atoms with van der Waals surface area (Å²) in [7, 11) is 0. The number of hydrogen-bond donors (Lipinski definition) is 0. The molecule has 0 N–H and O–H groups in total. The van der Waals surface area contributed by atoms with Crippen LogP contribution in [0.15, 0.2) is 127 Å². The van der Waals surface area contributed by atoms with E-state index in [1.807, 2.05) is 55.5 Å². The second-order valence-electron chi connectivity index (χ2n) is 17.9. The number of piperidine rings is 1. The molecule has 0 spiro atoms. The number of likely N-dealkylation sites (N-methyl/N-ethyl adjacent to an activating group) is 1. The second kappa shape index (κ2) is 19.5. The van der Waals surface area contributed by atoms with Crippen LogP contribution in [0.5, 0.6) is 11.5 Å². The number of hydrogen-bond acceptors (Lipinski definition) is 8. The van der Waals surface area contributed by atoms with Crippen LogP contribution in [0, 0.1) is 5.82 Å². The van der Waals surface area contributed by atoms with Crippen LogP contribution >= 0.6 is 0 Å². The van der Waals surface area contributed by atoms with Gasteiger partial charge in [-0.3, -0.25) is 14.5 Å². The maximum atomic E-state index is 16.5. The van der Waals surface area contributed by atoms with Crippen molar-refractivity contribution >= 4 is 29.6 Å². The van der Waals surface area contributed by atoms with E-state index in [4.69, 9.17) is 14.2 Å². The lowest BCUT2D eigenvalue weighted by Gasteiger charge is -2.44. The molecule has 0 aliphatic carbocycles. The average Bonchev–Trinajstić information content (AvgIpc) is 3.27. The van der Waals surface area contributed by atoms with Gasteiger partial charge in [0.15, 0.2) is 5.60 Å². The van der Waals surface area contributed by atoms with Crippen molar-refractivity contribution in [3.05, 3.63) is 161 Å². The Kier molecular flexibility index (Phi) is 13.8. The van der Waals surface area contributed by atoms with Crippen LogP contribution in [0.2, 0.25) is 0 Å². The van der Waals surface area contributed by atoms with Gasteiger partial charge >= 0.3 is 12.1 Å². The SMILES string of the molecule is CCN(C(=O)c1cc2c(cc1F)OC(C)(C)C(=O)N2CCN(Cc1ccccc1)Cc1ccccc1)[C@H]1CN(C(=O)OC(C)(C)C)CC[C@@H]1c1cccc(OC(=O)c2ccccc2)c1. The highest BCUT2D eigenvalue weighted by Gasteiger charge is 2.44. The quantitative estimate of drug-likeness (QED) is 0.0851. The minimum atomic E-state index is -1.30. The molecule has 2 aliphatic rings. The Morgan fingerprint density at radius 2 is 1.47 bits per heavy atom. The van der Waals surface area contributed by atoms with Crippen LogP contribution in [0.25, 0.3) is 0 Å². The monoisotopic (exact) mass is 868 g/mol. The highest BCUT2D eigenvalue weighted by atomic mass is 19.1. The first-order valence-corrected chi connectivity index (χ1v) is 21.9. The largest absolute Gasteiger partial charge is 0.476 e. The van der Waals surface area contributed by atoms with E-state index < -0.39 is 41.0 Å². The zero-order valence-electron chi connectivity index (χ0n) is 37.5. The summed E-state index contributed by atoms with van der Waals surface area (Å²) in [6.07, 6.45) is -0.0863. The number of rotatable bonds is 13. The van der Waals surface area contributed by atoms with Crippen LogP contribution in [-0.2, 0) is 22.6 Å². The Morgan fingerprint density at radius 3 is 2.08 bits per heavy atom. The zero-order chi connectivity index (χ0) is 45.6. The molecule has 5 aromatic rings. The number of fused-ring (bicyclic) bond motifs is 1. The molecule has 3 amide bonds. The Morgan fingerprint density at radius 1 is 0.844 bits per heavy atom. The topological polar surface area (TPSA) is 109 Å². The first kappa shape index (κ1) is 45.5. The minimum absolute atomic E-state index is 0.0975. The molecule has 1 fully saturated rings. The fourth-order valence-electron chi connectivity index (χ4n) is 8.47. The van der Waals surface area contributed by atoms with Crippen molar-refractivity contribution in [3.8, 4) is 11.5 Å². The van der Waals surface area contributed by atoms with E-state index in [-0.39, 0.29) is 42.8 Å². The molecule has 0 saturated carbocycles. The van der Waals surface area contributed by atoms with Crippen molar-refractivity contribution in [1.29, 1.82) is 0 Å². The molecular formula is C52H57FN4O7. The number of amides is 3. The zero-order valence-corrected chi connectivity index (χ0v) is 37.5. The van der Waals surface area contributed by atoms with Crippen molar-refractivity contribution in [3.63, 3.8) is 0 Å². The van der Waals surface area contributed by atoms with Gasteiger partial charge in [-0.15, -0.1) is 0 Å². The summed E-state index contributed by atoms with van der Waals surface area (Å²) >= 11 is 0. The number of nitrogens with zero attached hydrogens (tertiary/aromatic N) is 4. The highest BCUT2D eigenvalue weighted by molar-refractivity contribution is 6.04. The van der Waals surface area contributed by atoms with Gasteiger partial charge in [0.1, 0.15) is 22.9 Å². The maximum Gasteiger partial charge on any atom is 0.410 e. The van der Waals surface area contributed by atoms with E-state index in [1.165, 1.54) is 12.1 Å². The van der Waals surface area contributed by atoms with Gasteiger partial charge in [-0.05, 0) is 95.0 Å². The summed E-state index contributed by atoms with van der Waals surface area (Å²) in [5, 5.41) is 0. The van der Waals surface area contributed by atoms with Crippen molar-refractivity contribution in [2.24, 2.45) is 0 Å². The van der Waals surface area contributed by atoms with Crippen molar-refractivity contribution in [1.82, 2.24) is 14.7 Å². The Hall–Kier alpha value is -6.53. The molecule has 2 aliphatic heterocycles. The van der Waals surface area contributed by atoms with Gasteiger partial charge in [-0.1, -0.05) is 91.0 Å². The van der Waals surface area contributed by atoms with Crippen LogP contribution in [0.3, 0.4) is 0 Å². The molecule has 0 radical (unpaired) electrons. The molecular weight excluding hydrogens is 812 g/mol. The van der Waals surface area contributed by atoms with E-state index in [9.17, 15) is 19.2 Å². The maximum absolute atomic E-state index is 16.5. The van der Waals surface area contributed by atoms with E-state index in [2.05, 4.69) is 29.2 Å². The third-order valence-electron chi connectivity index (χ3n) is 11.6. The number of halogens is 1. The smallest absolute Gasteiger partial charge is 0.410 e. The third-order valence-corrected chi connectivity index (χ3v) is 11.6. The van der Waals surface area contributed by atoms with E-state index >= 15 is 4.39 Å². The predicted octanol–water partition coefficient (Wildman–Crippen LogP) is 9.51. The van der Waals surface area contributed by atoms with Crippen LogP contribution in [0.1, 0.15) is 91.3 Å². The van der Waals surface area contributed by atoms with Crippen molar-refractivity contribution < 1.29 is 37.8 Å². The van der Waals surface area contributed by atoms with Crippen molar-refractivity contribution in [2.75, 3.05) is 37.6 Å². The van der Waals surface area contributed by atoms with E-state index in [0.717, 1.165) is 16.7 Å². The number of esters is 1. The Bertz CT molecular complexity index is 2400. The molecule has 0 aromatic heterocycles. The van der Waals surface area contributed by atoms with E-state index in [0.29, 0.717) is 49.6 Å². The molecule has 64 heavy (non-hydrogen) atoms. The van der Waals surface area contributed by atoms with Gasteiger partial charge in [0.25, 0.3) is 11.8 Å². The normalized spacial score (nSPS) is 17.0. The van der Waals surface area contributed by atoms with Gasteiger partial charge in [0, 0.05) is 57.8 Å². The summed E-state index contributed by atoms with van der Waals surface area (Å²) in [6, 6.07) is 38.0. The minimum Gasteiger partial charge on any atom is -0.476 e. The van der Waals surface area contributed by atoms with Crippen molar-refractivity contribution in [2.45, 2.75) is 84.2 Å². The van der Waals surface area contributed by atoms with Gasteiger partial charge in [-0.2, -0.15) is 0 Å². The summed E-state index contributed by atoms with van der Waals surface area (Å²) in [4.78, 5) is 62.8. The summed E-state index contributed by atoms with van der Waals surface area (Å²) in [5.74, 6) is -2.09. The summed E-state index contributed by atoms with van der Waals surface area (Å²) in [6.45, 7) is 13.1. The molecule has 12 heteroatoms. The first-order chi connectivity index (χ1) is 30.6. The molecule has 2 heterocycles. The number of carbonyl (C=O) groups excluding carboxylic acids is 4. The molecule has 2 atom stereocenters. The molecule has 5 aromatic carbocycles. The number of anilines is 1. The standard InChI is InChI=1S/C52H57FN4O7/c1-7-56(45-35-55(50(61)64-51(2,3)4)27-26-41(45)39-24-17-25-40(30-39)62-48(59)38-22-15-10-16-23-38)47(58)42-31-44-46(32-43(42)53)63-52(5,6)49(60)57(44)29-28-54(33-36-18-11-8-12-19-36)34-37-20-13-9-14-21-37/h8-25,30-32,41,45H,7,26-29,33-35H2,1-6H3/t41-,45+/m1/s1. The van der Waals surface area contributed by atoms with Crippen LogP contribution in [0.4, 0.5) is 14.9 Å². The number of ether oxygens (including phenoxy) is 3. The number of benzene rings is 5. The Labute approximate surface area is 375 Å². The van der Waals surface area contributed by atoms with Crippen LogP contribution in [-0.4, -0.2) is 88.5 Å². The molecule has 1 saturated heterocycles. The van der Waals surface area contributed by atoms with Gasteiger partial charge in [0.2, 0.25) is 0 Å². The molecule has 7 rings (SSSR count). The fraction of sp³-hybridized carbons (Fsp3) is 0.346. The van der Waals surface area contributed by atoms with Gasteiger partial charge in [0.05, 0.1) is 22.9 Å². The molecule has 0 unspecified atom stereocenters. The highest BCUT2D eigenvalue weighted by Crippen LogP contribution is 2.41. The predicted molar refractivity (Wildman–Crippen MR) is 244 cm³/mol. The summed E-state index contributed by atoms with van der Waals surface area (Å²) in [5.41, 5.74) is 1.44. The lowest BCUT2D eigenvalue weighted by Crippen LogP contribution is -2.56. The summed E-state index contributed by atoms with van der Waals surface area (Å²) < 4.78 is 34.2. The fourth-order valence-corrected chi connectivity index (χ4v) is 8.47. The molecule has 334 valence electrons. The molecule has 0 bridgehead atoms. The molecule has 11 nitrogen and oxygen atoms in total. The second-order valence-corrected chi connectivity index (χ2v) is 17.9. The lowest BCUT2D eigenvalue weighted by molar-refractivity contribution is -0.132. The van der Waals surface area contributed by atoms with Gasteiger partial charge < -0.3 is 28.9 Å². The van der Waals surface area contributed by atoms with Gasteiger partial charge in [-0.25, -0.2) is 14.0 Å². The first-order valence-electron chi connectivity index (χ1n) is 21.9. The number of likely N-dealkylation sites (tertiary alicyclic amines) is 1.